The van der Waals surface area contributed by atoms with Crippen LogP contribution in [-0.2, 0) is 4.74 Å². The maximum atomic E-state index is 11.9. The summed E-state index contributed by atoms with van der Waals surface area (Å²) in [5.74, 6) is 0.409. The molecule has 0 saturated carbocycles. The Balaban J connectivity index is 2.52. The van der Waals surface area contributed by atoms with Gasteiger partial charge in [0.25, 0.3) is 0 Å². The Bertz CT molecular complexity index is 379. The molecule has 5 nitrogen and oxygen atoms in total. The van der Waals surface area contributed by atoms with Crippen LogP contribution in [0, 0.1) is 5.92 Å². The first-order valence-corrected chi connectivity index (χ1v) is 8.95. The van der Waals surface area contributed by atoms with Gasteiger partial charge in [-0.25, -0.2) is 4.79 Å². The molecule has 2 atom stereocenters. The van der Waals surface area contributed by atoms with Gasteiger partial charge in [-0.1, -0.05) is 20.3 Å². The molecule has 136 valence electrons. The highest BCUT2D eigenvalue weighted by molar-refractivity contribution is 5.67. The molecule has 0 aromatic heterocycles. The van der Waals surface area contributed by atoms with E-state index in [0.717, 1.165) is 6.54 Å². The summed E-state index contributed by atoms with van der Waals surface area (Å²) >= 11 is 0. The van der Waals surface area contributed by atoms with Crippen molar-refractivity contribution in [3.63, 3.8) is 0 Å². The minimum Gasteiger partial charge on any atom is -0.444 e. The Labute approximate surface area is 142 Å². The molecule has 1 rings (SSSR count). The van der Waals surface area contributed by atoms with E-state index < -0.39 is 5.60 Å². The second kappa shape index (κ2) is 8.34. The number of nitrogens with zero attached hydrogens (tertiary/aromatic N) is 1. The van der Waals surface area contributed by atoms with Gasteiger partial charge in [0.05, 0.1) is 0 Å². The third-order valence-corrected chi connectivity index (χ3v) is 4.94. The Morgan fingerprint density at radius 3 is 2.43 bits per heavy atom. The van der Waals surface area contributed by atoms with Crippen LogP contribution in [0.1, 0.15) is 60.8 Å². The number of piperidine rings is 1. The fourth-order valence-corrected chi connectivity index (χ4v) is 2.79. The molecule has 1 fully saturated rings. The van der Waals surface area contributed by atoms with Crippen molar-refractivity contribution in [2.24, 2.45) is 5.92 Å². The van der Waals surface area contributed by atoms with Gasteiger partial charge in [-0.05, 0) is 60.0 Å². The number of ether oxygens (including phenoxy) is 1. The topological polar surface area (TPSA) is 53.6 Å². The van der Waals surface area contributed by atoms with Crippen molar-refractivity contribution in [1.29, 1.82) is 0 Å². The standard InChI is InChI=1S/C18H37N3O2/c1-14(2)18(6,13-19-16(22)23-17(3,4)5)20-12-15-10-8-9-11-21(15)7/h14-15,20H,8-13H2,1-7H3,(H,19,22). The summed E-state index contributed by atoms with van der Waals surface area (Å²) in [6.45, 7) is 14.9. The van der Waals surface area contributed by atoms with Gasteiger partial charge in [0, 0.05) is 24.7 Å². The molecule has 2 unspecified atom stereocenters. The van der Waals surface area contributed by atoms with Crippen LogP contribution in [0.3, 0.4) is 0 Å². The zero-order valence-electron chi connectivity index (χ0n) is 16.2. The minimum atomic E-state index is -0.462. The van der Waals surface area contributed by atoms with E-state index in [4.69, 9.17) is 4.74 Å². The second-order valence-corrected chi connectivity index (χ2v) is 8.44. The highest BCUT2D eigenvalue weighted by atomic mass is 16.6. The third-order valence-electron chi connectivity index (χ3n) is 4.94. The van der Waals surface area contributed by atoms with Crippen LogP contribution < -0.4 is 10.6 Å². The van der Waals surface area contributed by atoms with E-state index in [-0.39, 0.29) is 11.6 Å². The first-order chi connectivity index (χ1) is 10.5. The summed E-state index contributed by atoms with van der Waals surface area (Å²) in [7, 11) is 2.21. The number of carbonyl (C=O) groups is 1. The van der Waals surface area contributed by atoms with Gasteiger partial charge in [0.2, 0.25) is 0 Å². The Morgan fingerprint density at radius 1 is 1.26 bits per heavy atom. The van der Waals surface area contributed by atoms with Crippen LogP contribution in [-0.4, -0.2) is 54.9 Å². The first-order valence-electron chi connectivity index (χ1n) is 8.95. The van der Waals surface area contributed by atoms with E-state index in [1.807, 2.05) is 20.8 Å². The van der Waals surface area contributed by atoms with E-state index >= 15 is 0 Å². The molecule has 1 saturated heterocycles. The molecular formula is C18H37N3O2. The summed E-state index contributed by atoms with van der Waals surface area (Å²) in [5, 5.41) is 6.62. The molecule has 1 amide bonds. The van der Waals surface area contributed by atoms with E-state index in [2.05, 4.69) is 43.4 Å². The highest BCUT2D eigenvalue weighted by Gasteiger charge is 2.31. The quantitative estimate of drug-likeness (QED) is 0.787. The van der Waals surface area contributed by atoms with Gasteiger partial charge in [-0.3, -0.25) is 0 Å². The molecule has 0 bridgehead atoms. The van der Waals surface area contributed by atoms with E-state index in [1.165, 1.54) is 25.8 Å². The normalized spacial score (nSPS) is 22.7. The number of carbonyl (C=O) groups excluding carboxylic acids is 1. The Hall–Kier alpha value is -0.810. The van der Waals surface area contributed by atoms with Crippen LogP contribution in [0.15, 0.2) is 0 Å². The molecule has 5 heteroatoms. The maximum absolute atomic E-state index is 11.9. The molecule has 1 aliphatic rings. The van der Waals surface area contributed by atoms with Crippen LogP contribution >= 0.6 is 0 Å². The lowest BCUT2D eigenvalue weighted by atomic mass is 9.87. The van der Waals surface area contributed by atoms with E-state index in [0.29, 0.717) is 18.5 Å². The number of hydrogen-bond donors (Lipinski definition) is 2. The van der Waals surface area contributed by atoms with Gasteiger partial charge in [-0.15, -0.1) is 0 Å². The van der Waals surface area contributed by atoms with Crippen LogP contribution in [0.4, 0.5) is 4.79 Å². The summed E-state index contributed by atoms with van der Waals surface area (Å²) in [6, 6.07) is 0.586. The monoisotopic (exact) mass is 327 g/mol. The molecule has 1 heterocycles. The second-order valence-electron chi connectivity index (χ2n) is 8.44. The lowest BCUT2D eigenvalue weighted by Gasteiger charge is -2.39. The predicted octanol–water partition coefficient (Wildman–Crippen LogP) is 3.00. The minimum absolute atomic E-state index is 0.144. The molecule has 23 heavy (non-hydrogen) atoms. The van der Waals surface area contributed by atoms with Gasteiger partial charge in [-0.2, -0.15) is 0 Å². The molecular weight excluding hydrogens is 290 g/mol. The van der Waals surface area contributed by atoms with Crippen LogP contribution in [0.25, 0.3) is 0 Å². The van der Waals surface area contributed by atoms with Gasteiger partial charge in [0.1, 0.15) is 5.60 Å². The summed E-state index contributed by atoms with van der Waals surface area (Å²) in [6.07, 6.45) is 3.51. The van der Waals surface area contributed by atoms with Crippen LogP contribution in [0.2, 0.25) is 0 Å². The van der Waals surface area contributed by atoms with Crippen molar-refractivity contribution in [3.05, 3.63) is 0 Å². The SMILES string of the molecule is CC(C)C(C)(CNC(=O)OC(C)(C)C)NCC1CCCCN1C. The molecule has 0 aromatic carbocycles. The molecule has 1 aliphatic heterocycles. The van der Waals surface area contributed by atoms with Crippen molar-refractivity contribution < 1.29 is 9.53 Å². The van der Waals surface area contributed by atoms with Crippen molar-refractivity contribution in [2.45, 2.75) is 78.0 Å². The van der Waals surface area contributed by atoms with Crippen molar-refractivity contribution >= 4 is 6.09 Å². The fourth-order valence-electron chi connectivity index (χ4n) is 2.79. The smallest absolute Gasteiger partial charge is 0.407 e. The third kappa shape index (κ3) is 7.08. The molecule has 0 aromatic rings. The number of alkyl carbamates (subject to hydrolysis) is 1. The van der Waals surface area contributed by atoms with Crippen molar-refractivity contribution in [2.75, 3.05) is 26.7 Å². The highest BCUT2D eigenvalue weighted by Crippen LogP contribution is 2.19. The average Bonchev–Trinajstić information content (AvgIpc) is 2.42. The first kappa shape index (κ1) is 20.2. The molecule has 0 radical (unpaired) electrons. The number of amides is 1. The van der Waals surface area contributed by atoms with Crippen molar-refractivity contribution in [1.82, 2.24) is 15.5 Å². The van der Waals surface area contributed by atoms with Gasteiger partial charge in [0.15, 0.2) is 0 Å². The largest absolute Gasteiger partial charge is 0.444 e. The van der Waals surface area contributed by atoms with Gasteiger partial charge >= 0.3 is 6.09 Å². The summed E-state index contributed by atoms with van der Waals surface area (Å²) < 4.78 is 5.34. The number of likely N-dealkylation sites (tertiary alicyclic amines) is 1. The summed E-state index contributed by atoms with van der Waals surface area (Å²) in [4.78, 5) is 14.4. The lowest BCUT2D eigenvalue weighted by Crippen LogP contribution is -2.58. The van der Waals surface area contributed by atoms with Gasteiger partial charge < -0.3 is 20.3 Å². The average molecular weight is 328 g/mol. The zero-order chi connectivity index (χ0) is 17.7. The van der Waals surface area contributed by atoms with Crippen LogP contribution in [0.5, 0.6) is 0 Å². The van der Waals surface area contributed by atoms with Crippen molar-refractivity contribution in [3.8, 4) is 0 Å². The number of likely N-dealkylation sites (N-methyl/N-ethyl adjacent to an activating group) is 1. The molecule has 0 aliphatic carbocycles. The maximum Gasteiger partial charge on any atom is 0.407 e. The molecule has 0 spiro atoms. The lowest BCUT2D eigenvalue weighted by molar-refractivity contribution is 0.0500. The number of hydrogen-bond acceptors (Lipinski definition) is 4. The summed E-state index contributed by atoms with van der Waals surface area (Å²) in [5.41, 5.74) is -0.605. The predicted molar refractivity (Wildman–Crippen MR) is 95.8 cm³/mol. The van der Waals surface area contributed by atoms with E-state index in [9.17, 15) is 4.79 Å². The van der Waals surface area contributed by atoms with E-state index in [1.54, 1.807) is 0 Å². The molecule has 2 N–H and O–H groups in total. The zero-order valence-corrected chi connectivity index (χ0v) is 16.2. The fraction of sp³-hybridized carbons (Fsp3) is 0.944. The Kier molecular flexibility index (Phi) is 7.33. The number of nitrogens with one attached hydrogen (secondary N) is 2. The number of rotatable bonds is 6. The Morgan fingerprint density at radius 2 is 1.91 bits per heavy atom.